The van der Waals surface area contributed by atoms with Gasteiger partial charge in [0.1, 0.15) is 23.9 Å². The minimum atomic E-state index is -1.16. The van der Waals surface area contributed by atoms with Crippen LogP contribution in [-0.4, -0.2) is 35.8 Å². The molecule has 2 N–H and O–H groups in total. The second-order valence-corrected chi connectivity index (χ2v) is 14.7. The molecule has 0 fully saturated rings. The zero-order chi connectivity index (χ0) is 21.2. The Labute approximate surface area is 178 Å². The molecule has 3 aromatic rings. The van der Waals surface area contributed by atoms with E-state index in [4.69, 9.17) is 15.5 Å². The van der Waals surface area contributed by atoms with Gasteiger partial charge in [0.25, 0.3) is 0 Å². The van der Waals surface area contributed by atoms with Crippen molar-refractivity contribution in [2.24, 2.45) is 5.73 Å². The van der Waals surface area contributed by atoms with Crippen molar-refractivity contribution in [2.45, 2.75) is 38.3 Å². The van der Waals surface area contributed by atoms with Gasteiger partial charge < -0.3 is 10.5 Å². The van der Waals surface area contributed by atoms with Crippen LogP contribution in [0.2, 0.25) is 25.7 Å². The first kappa shape index (κ1) is 22.0. The van der Waals surface area contributed by atoms with Crippen LogP contribution < -0.4 is 5.73 Å². The molecule has 0 unspecified atom stereocenters. The summed E-state index contributed by atoms with van der Waals surface area (Å²) in [5, 5.41) is 0. The largest absolute Gasteiger partial charge is 0.361 e. The van der Waals surface area contributed by atoms with Gasteiger partial charge in [0.15, 0.2) is 5.65 Å². The van der Waals surface area contributed by atoms with E-state index in [0.717, 1.165) is 12.1 Å². The number of imidazole rings is 1. The van der Waals surface area contributed by atoms with Crippen LogP contribution in [0.5, 0.6) is 0 Å². The highest BCUT2D eigenvalue weighted by Crippen LogP contribution is 2.31. The Balaban J connectivity index is 1.90. The van der Waals surface area contributed by atoms with E-state index in [1.165, 1.54) is 12.1 Å². The molecule has 9 heteroatoms. The Morgan fingerprint density at radius 2 is 1.86 bits per heavy atom. The van der Waals surface area contributed by atoms with E-state index in [1.54, 1.807) is 6.33 Å². The Morgan fingerprint density at radius 1 is 1.17 bits per heavy atom. The predicted octanol–water partition coefficient (Wildman–Crippen LogP) is 4.87. The zero-order valence-corrected chi connectivity index (χ0v) is 19.3. The number of benzene rings is 1. The fourth-order valence-electron chi connectivity index (χ4n) is 3.04. The van der Waals surface area contributed by atoms with Gasteiger partial charge in [-0.05, 0) is 45.7 Å². The number of nitrogens with two attached hydrogens (primary N) is 1. The Bertz CT molecular complexity index is 986. The lowest BCUT2D eigenvalue weighted by Gasteiger charge is -2.18. The lowest BCUT2D eigenvalue weighted by Crippen LogP contribution is -2.22. The molecular formula is C20H25BrF2N4OSi. The van der Waals surface area contributed by atoms with Gasteiger partial charge in [-0.3, -0.25) is 4.57 Å². The monoisotopic (exact) mass is 482 g/mol. The molecule has 156 valence electrons. The second kappa shape index (κ2) is 8.99. The Kier molecular flexibility index (Phi) is 6.82. The van der Waals surface area contributed by atoms with E-state index < -0.39 is 25.6 Å². The summed E-state index contributed by atoms with van der Waals surface area (Å²) in [6.07, 6.45) is 1.68. The molecule has 0 spiro atoms. The van der Waals surface area contributed by atoms with E-state index in [1.807, 2.05) is 10.6 Å². The smallest absolute Gasteiger partial charge is 0.162 e. The van der Waals surface area contributed by atoms with Crippen molar-refractivity contribution in [1.29, 1.82) is 0 Å². The van der Waals surface area contributed by atoms with E-state index in [9.17, 15) is 8.78 Å². The molecular weight excluding hydrogens is 458 g/mol. The Hall–Kier alpha value is -1.68. The van der Waals surface area contributed by atoms with Crippen LogP contribution >= 0.6 is 15.9 Å². The van der Waals surface area contributed by atoms with Crippen LogP contribution in [0.3, 0.4) is 0 Å². The SMILES string of the molecule is C[Si](C)(C)CCOCn1cnc2cc(Br)c([C@H](CN)c3cc(F)cc(F)c3)nc21. The number of ether oxygens (including phenoxy) is 1. The van der Waals surface area contributed by atoms with Crippen LogP contribution in [0.25, 0.3) is 11.2 Å². The number of hydrogen-bond acceptors (Lipinski definition) is 4. The normalized spacial score (nSPS) is 13.2. The van der Waals surface area contributed by atoms with Gasteiger partial charge in [-0.2, -0.15) is 0 Å². The number of hydrogen-bond donors (Lipinski definition) is 1. The van der Waals surface area contributed by atoms with Gasteiger partial charge in [0.2, 0.25) is 0 Å². The maximum Gasteiger partial charge on any atom is 0.162 e. The first-order chi connectivity index (χ1) is 13.7. The molecule has 5 nitrogen and oxygen atoms in total. The van der Waals surface area contributed by atoms with Gasteiger partial charge >= 0.3 is 0 Å². The first-order valence-corrected chi connectivity index (χ1v) is 13.9. The molecule has 0 saturated heterocycles. The Morgan fingerprint density at radius 3 is 2.48 bits per heavy atom. The van der Waals surface area contributed by atoms with Gasteiger partial charge in [0.05, 0.1) is 12.0 Å². The first-order valence-electron chi connectivity index (χ1n) is 9.43. The topological polar surface area (TPSA) is 66.0 Å². The zero-order valence-electron chi connectivity index (χ0n) is 16.8. The van der Waals surface area contributed by atoms with Crippen LogP contribution in [0, 0.1) is 11.6 Å². The molecule has 0 aliphatic rings. The third kappa shape index (κ3) is 5.47. The van der Waals surface area contributed by atoms with E-state index >= 15 is 0 Å². The predicted molar refractivity (Wildman–Crippen MR) is 117 cm³/mol. The van der Waals surface area contributed by atoms with E-state index in [-0.39, 0.29) is 6.54 Å². The highest BCUT2D eigenvalue weighted by Gasteiger charge is 2.21. The van der Waals surface area contributed by atoms with Gasteiger partial charge in [-0.15, -0.1) is 0 Å². The number of pyridine rings is 1. The van der Waals surface area contributed by atoms with Crippen LogP contribution in [0.15, 0.2) is 35.1 Å². The minimum Gasteiger partial charge on any atom is -0.361 e. The molecule has 0 aliphatic carbocycles. The van der Waals surface area contributed by atoms with Crippen molar-refractivity contribution in [3.05, 3.63) is 58.0 Å². The van der Waals surface area contributed by atoms with Crippen molar-refractivity contribution >= 4 is 35.2 Å². The van der Waals surface area contributed by atoms with Crippen molar-refractivity contribution in [2.75, 3.05) is 13.2 Å². The summed E-state index contributed by atoms with van der Waals surface area (Å²) in [4.78, 5) is 9.11. The second-order valence-electron chi connectivity index (χ2n) is 8.25. The number of rotatable bonds is 8. The quantitative estimate of drug-likeness (QED) is 0.367. The molecule has 2 aromatic heterocycles. The number of halogens is 3. The maximum atomic E-state index is 13.7. The summed E-state index contributed by atoms with van der Waals surface area (Å²) in [5.41, 5.74) is 8.35. The van der Waals surface area contributed by atoms with Gasteiger partial charge in [-0.1, -0.05) is 19.6 Å². The summed E-state index contributed by atoms with van der Waals surface area (Å²) >= 11 is 3.51. The highest BCUT2D eigenvalue weighted by molar-refractivity contribution is 9.10. The molecule has 3 rings (SSSR count). The standard InChI is InChI=1S/C20H25BrF2N4OSi/c1-29(2,3)5-4-28-12-27-11-25-18-9-17(21)19(26-20(18)27)16(10-24)13-6-14(22)8-15(23)7-13/h6-9,11,16H,4-5,10,12,24H2,1-3H3/t16-/m1/s1. The molecule has 0 aliphatic heterocycles. The van der Waals surface area contributed by atoms with Crippen LogP contribution in [0.1, 0.15) is 17.2 Å². The third-order valence-corrected chi connectivity index (χ3v) is 6.99. The lowest BCUT2D eigenvalue weighted by molar-refractivity contribution is 0.0895. The van der Waals surface area contributed by atoms with Gasteiger partial charge in [-0.25, -0.2) is 18.7 Å². The highest BCUT2D eigenvalue weighted by atomic mass is 79.9. The van der Waals surface area contributed by atoms with Crippen molar-refractivity contribution < 1.29 is 13.5 Å². The molecule has 0 amide bonds. The molecule has 1 atom stereocenters. The summed E-state index contributed by atoms with van der Waals surface area (Å²) in [7, 11) is -1.16. The molecule has 2 heterocycles. The molecule has 1 aromatic carbocycles. The summed E-state index contributed by atoms with van der Waals surface area (Å²) in [6, 6.07) is 6.33. The average molecular weight is 483 g/mol. The van der Waals surface area contributed by atoms with Gasteiger partial charge in [0, 0.05) is 37.7 Å². The van der Waals surface area contributed by atoms with Crippen molar-refractivity contribution in [3.8, 4) is 0 Å². The third-order valence-electron chi connectivity index (χ3n) is 4.65. The van der Waals surface area contributed by atoms with E-state index in [2.05, 4.69) is 40.6 Å². The van der Waals surface area contributed by atoms with Crippen molar-refractivity contribution in [3.63, 3.8) is 0 Å². The lowest BCUT2D eigenvalue weighted by atomic mass is 9.95. The molecule has 0 bridgehead atoms. The summed E-state index contributed by atoms with van der Waals surface area (Å²) < 4.78 is 35.8. The number of fused-ring (bicyclic) bond motifs is 1. The fourth-order valence-corrected chi connectivity index (χ4v) is 4.38. The summed E-state index contributed by atoms with van der Waals surface area (Å²) in [5.74, 6) is -1.75. The van der Waals surface area contributed by atoms with Crippen LogP contribution in [0.4, 0.5) is 8.78 Å². The van der Waals surface area contributed by atoms with E-state index in [0.29, 0.717) is 40.2 Å². The maximum absolute atomic E-state index is 13.7. The van der Waals surface area contributed by atoms with Crippen molar-refractivity contribution in [1.82, 2.24) is 14.5 Å². The molecule has 29 heavy (non-hydrogen) atoms. The number of nitrogens with zero attached hydrogens (tertiary/aromatic N) is 3. The van der Waals surface area contributed by atoms with Crippen LogP contribution in [-0.2, 0) is 11.5 Å². The summed E-state index contributed by atoms with van der Waals surface area (Å²) in [6.45, 7) is 8.09. The average Bonchev–Trinajstić information content (AvgIpc) is 3.00. The fraction of sp³-hybridized carbons (Fsp3) is 0.400. The number of aromatic nitrogens is 3. The molecule has 0 radical (unpaired) electrons. The molecule has 0 saturated carbocycles. The minimum absolute atomic E-state index is 0.154.